The van der Waals surface area contributed by atoms with Crippen LogP contribution in [0.25, 0.3) is 0 Å². The van der Waals surface area contributed by atoms with Gasteiger partial charge in [-0.1, -0.05) is 30.3 Å². The van der Waals surface area contributed by atoms with Crippen molar-refractivity contribution in [3.05, 3.63) is 58.7 Å². The summed E-state index contributed by atoms with van der Waals surface area (Å²) in [5.74, 6) is -3.08. The summed E-state index contributed by atoms with van der Waals surface area (Å²) in [4.78, 5) is 24.9. The molecule has 102 valence electrons. The Morgan fingerprint density at radius 2 is 1.75 bits per heavy atom. The van der Waals surface area contributed by atoms with Gasteiger partial charge in [-0.05, 0) is 6.08 Å². The predicted molar refractivity (Wildman–Crippen MR) is 69.2 cm³/mol. The molecule has 0 spiro atoms. The molecule has 3 rings (SSSR count). The maximum atomic E-state index is 12.5. The van der Waals surface area contributed by atoms with Gasteiger partial charge in [-0.25, -0.2) is 0 Å². The minimum absolute atomic E-state index is 0.0587. The summed E-state index contributed by atoms with van der Waals surface area (Å²) in [6.45, 7) is 0. The highest BCUT2D eigenvalue weighted by Gasteiger charge is 2.49. The minimum atomic E-state index is -2.20. The van der Waals surface area contributed by atoms with Gasteiger partial charge in [-0.2, -0.15) is 0 Å². The average molecular weight is 272 g/mol. The highest BCUT2D eigenvalue weighted by Crippen LogP contribution is 2.38. The maximum Gasteiger partial charge on any atom is 0.227 e. The van der Waals surface area contributed by atoms with E-state index in [1.165, 1.54) is 25.3 Å². The van der Waals surface area contributed by atoms with Gasteiger partial charge in [-0.3, -0.25) is 9.59 Å². The van der Waals surface area contributed by atoms with Crippen LogP contribution in [0.5, 0.6) is 0 Å². The lowest BCUT2D eigenvalue weighted by atomic mass is 9.76. The van der Waals surface area contributed by atoms with Crippen LogP contribution >= 0.6 is 0 Å². The van der Waals surface area contributed by atoms with Crippen LogP contribution in [-0.2, 0) is 4.74 Å². The quantitative estimate of drug-likeness (QED) is 0.732. The van der Waals surface area contributed by atoms with E-state index in [0.717, 1.165) is 0 Å². The van der Waals surface area contributed by atoms with Crippen molar-refractivity contribution in [1.82, 2.24) is 0 Å². The number of ketones is 2. The lowest BCUT2D eigenvalue weighted by Gasteiger charge is -2.36. The zero-order chi connectivity index (χ0) is 14.5. The third kappa shape index (κ3) is 1.48. The van der Waals surface area contributed by atoms with Crippen molar-refractivity contribution < 1.29 is 24.5 Å². The molecule has 20 heavy (non-hydrogen) atoms. The maximum absolute atomic E-state index is 12.5. The molecule has 2 aliphatic rings. The zero-order valence-electron chi connectivity index (χ0n) is 10.7. The summed E-state index contributed by atoms with van der Waals surface area (Å²) in [5.41, 5.74) is 0.340. The number of fused-ring (bicyclic) bond motifs is 1. The highest BCUT2D eigenvalue weighted by molar-refractivity contribution is 6.28. The lowest BCUT2D eigenvalue weighted by molar-refractivity contribution is -0.201. The van der Waals surface area contributed by atoms with E-state index in [1.807, 2.05) is 0 Å². The van der Waals surface area contributed by atoms with Gasteiger partial charge in [0.05, 0.1) is 5.57 Å². The first-order valence-corrected chi connectivity index (χ1v) is 6.07. The lowest BCUT2D eigenvalue weighted by Crippen LogP contribution is -2.51. The minimum Gasteiger partial charge on any atom is -0.383 e. The highest BCUT2D eigenvalue weighted by atomic mass is 16.6. The first-order valence-electron chi connectivity index (χ1n) is 6.07. The molecular weight excluding hydrogens is 260 g/mol. The second-order valence-electron chi connectivity index (χ2n) is 4.70. The Bertz CT molecular complexity index is 685. The molecule has 0 saturated heterocycles. The summed E-state index contributed by atoms with van der Waals surface area (Å²) < 4.78 is 4.92. The van der Waals surface area contributed by atoms with Gasteiger partial charge in [0, 0.05) is 23.8 Å². The largest absolute Gasteiger partial charge is 0.383 e. The molecule has 0 saturated carbocycles. The molecule has 0 bridgehead atoms. The number of hydrogen-bond acceptors (Lipinski definition) is 5. The number of hydrogen-bond donors (Lipinski definition) is 2. The number of carbonyl (C=O) groups is 2. The molecule has 2 atom stereocenters. The molecule has 1 aromatic carbocycles. The molecule has 1 aromatic rings. The van der Waals surface area contributed by atoms with E-state index < -0.39 is 17.7 Å². The van der Waals surface area contributed by atoms with Gasteiger partial charge < -0.3 is 14.9 Å². The Labute approximate surface area is 114 Å². The number of rotatable bonds is 1. The summed E-state index contributed by atoms with van der Waals surface area (Å²) in [6.07, 6.45) is 1.18. The smallest absolute Gasteiger partial charge is 0.227 e. The number of ether oxygens (including phenoxy) is 1. The summed E-state index contributed by atoms with van der Waals surface area (Å²) in [5, 5.41) is 20.3. The number of benzene rings is 1. The Morgan fingerprint density at radius 1 is 1.15 bits per heavy atom. The van der Waals surface area contributed by atoms with E-state index in [-0.39, 0.29) is 28.1 Å². The fraction of sp³-hybridized carbons (Fsp3) is 0.200. The van der Waals surface area contributed by atoms with Crippen LogP contribution < -0.4 is 0 Å². The Hall–Kier alpha value is -2.08. The Balaban J connectivity index is 2.28. The number of aliphatic hydroxyl groups excluding tert-OH is 1. The first kappa shape index (κ1) is 12.9. The SMILES string of the molecule is COC1(O)C2=C(C=CC1O)C(=O)c1ccccc1C2=O. The average Bonchev–Trinajstić information content (AvgIpc) is 2.47. The molecule has 0 aliphatic heterocycles. The number of methoxy groups -OCH3 is 1. The number of aliphatic hydroxyl groups is 2. The molecule has 2 unspecified atom stereocenters. The van der Waals surface area contributed by atoms with Crippen LogP contribution in [0, 0.1) is 0 Å². The van der Waals surface area contributed by atoms with Crippen LogP contribution in [0.1, 0.15) is 20.7 Å². The molecule has 0 fully saturated rings. The molecule has 0 aromatic heterocycles. The third-order valence-electron chi connectivity index (χ3n) is 3.67. The van der Waals surface area contributed by atoms with Gasteiger partial charge in [0.2, 0.25) is 5.79 Å². The van der Waals surface area contributed by atoms with Crippen molar-refractivity contribution in [3.63, 3.8) is 0 Å². The van der Waals surface area contributed by atoms with Crippen molar-refractivity contribution in [1.29, 1.82) is 0 Å². The zero-order valence-corrected chi connectivity index (χ0v) is 10.7. The number of carbonyl (C=O) groups excluding carboxylic acids is 2. The Morgan fingerprint density at radius 3 is 2.35 bits per heavy atom. The predicted octanol–water partition coefficient (Wildman–Crippen LogP) is 0.628. The topological polar surface area (TPSA) is 83.8 Å². The van der Waals surface area contributed by atoms with Crippen LogP contribution in [0.2, 0.25) is 0 Å². The Kier molecular flexibility index (Phi) is 2.72. The van der Waals surface area contributed by atoms with Crippen LogP contribution in [0.4, 0.5) is 0 Å². The first-order chi connectivity index (χ1) is 9.50. The summed E-state index contributed by atoms with van der Waals surface area (Å²) in [6, 6.07) is 6.38. The second-order valence-corrected chi connectivity index (χ2v) is 4.70. The molecule has 2 N–H and O–H groups in total. The monoisotopic (exact) mass is 272 g/mol. The van der Waals surface area contributed by atoms with E-state index >= 15 is 0 Å². The molecule has 2 aliphatic carbocycles. The van der Waals surface area contributed by atoms with E-state index in [4.69, 9.17) is 4.74 Å². The molecule has 0 heterocycles. The fourth-order valence-electron chi connectivity index (χ4n) is 2.60. The summed E-state index contributed by atoms with van der Waals surface area (Å²) in [7, 11) is 1.17. The van der Waals surface area contributed by atoms with Crippen LogP contribution in [0.15, 0.2) is 47.6 Å². The van der Waals surface area contributed by atoms with E-state index in [0.29, 0.717) is 0 Å². The molecule has 0 amide bonds. The normalized spacial score (nSPS) is 28.4. The van der Waals surface area contributed by atoms with E-state index in [1.54, 1.807) is 18.2 Å². The standard InChI is InChI=1S/C15H12O5/c1-20-15(19)11(16)7-6-10-12(15)14(18)9-5-3-2-4-8(9)13(10)17/h2-7,11,16,19H,1H3. The third-order valence-corrected chi connectivity index (χ3v) is 3.67. The molecule has 5 heteroatoms. The van der Waals surface area contributed by atoms with Crippen molar-refractivity contribution in [2.24, 2.45) is 0 Å². The van der Waals surface area contributed by atoms with Crippen molar-refractivity contribution in [2.75, 3.05) is 7.11 Å². The van der Waals surface area contributed by atoms with Crippen molar-refractivity contribution >= 4 is 11.6 Å². The van der Waals surface area contributed by atoms with E-state index in [9.17, 15) is 19.8 Å². The van der Waals surface area contributed by atoms with Crippen LogP contribution in [0.3, 0.4) is 0 Å². The van der Waals surface area contributed by atoms with Gasteiger partial charge >= 0.3 is 0 Å². The van der Waals surface area contributed by atoms with Crippen molar-refractivity contribution in [3.8, 4) is 0 Å². The second kappa shape index (κ2) is 4.21. The van der Waals surface area contributed by atoms with Crippen LogP contribution in [-0.4, -0.2) is 40.8 Å². The molecule has 0 radical (unpaired) electrons. The van der Waals surface area contributed by atoms with Gasteiger partial charge in [0.25, 0.3) is 0 Å². The fourth-order valence-corrected chi connectivity index (χ4v) is 2.60. The van der Waals surface area contributed by atoms with Crippen molar-refractivity contribution in [2.45, 2.75) is 11.9 Å². The molecule has 5 nitrogen and oxygen atoms in total. The number of Topliss-reactive ketones (excluding diaryl/α,β-unsaturated/α-hetero) is 2. The van der Waals surface area contributed by atoms with Gasteiger partial charge in [0.15, 0.2) is 11.6 Å². The van der Waals surface area contributed by atoms with Gasteiger partial charge in [-0.15, -0.1) is 0 Å². The summed E-state index contributed by atoms with van der Waals surface area (Å²) >= 11 is 0. The molecular formula is C15H12O5. The van der Waals surface area contributed by atoms with E-state index in [2.05, 4.69) is 0 Å². The van der Waals surface area contributed by atoms with Gasteiger partial charge in [0.1, 0.15) is 6.10 Å². The number of allylic oxidation sites excluding steroid dienone is 2.